The minimum atomic E-state index is -0.159. The summed E-state index contributed by atoms with van der Waals surface area (Å²) in [6, 6.07) is 7.65. The molecule has 6 heteroatoms. The van der Waals surface area contributed by atoms with Crippen molar-refractivity contribution in [2.45, 2.75) is 51.7 Å². The highest BCUT2D eigenvalue weighted by Gasteiger charge is 2.24. The van der Waals surface area contributed by atoms with Gasteiger partial charge in [0.1, 0.15) is 5.75 Å². The number of nitrogens with one attached hydrogen (secondary N) is 2. The van der Waals surface area contributed by atoms with Crippen LogP contribution in [0.2, 0.25) is 0 Å². The Kier molecular flexibility index (Phi) is 7.35. The summed E-state index contributed by atoms with van der Waals surface area (Å²) in [6.45, 7) is 8.80. The molecule has 27 heavy (non-hydrogen) atoms. The van der Waals surface area contributed by atoms with Crippen LogP contribution in [-0.2, 0) is 4.74 Å². The van der Waals surface area contributed by atoms with E-state index in [9.17, 15) is 4.79 Å². The summed E-state index contributed by atoms with van der Waals surface area (Å²) in [5.74, 6) is 1.15. The number of benzene rings is 1. The zero-order chi connectivity index (χ0) is 19.1. The van der Waals surface area contributed by atoms with Crippen molar-refractivity contribution in [2.75, 3.05) is 38.2 Å². The average Bonchev–Trinajstić information content (AvgIpc) is 3.15. The number of nitrogens with zero attached hydrogens (tertiary/aromatic N) is 1. The van der Waals surface area contributed by atoms with E-state index in [4.69, 9.17) is 9.47 Å². The van der Waals surface area contributed by atoms with E-state index in [0.29, 0.717) is 30.1 Å². The SMILES string of the molecule is CC(C)COc1ccccc1NC(=O)NC1CCN(C[C@H]2CCCO2)CC1. The van der Waals surface area contributed by atoms with Crippen molar-refractivity contribution >= 4 is 11.7 Å². The molecular weight excluding hydrogens is 342 g/mol. The maximum Gasteiger partial charge on any atom is 0.319 e. The van der Waals surface area contributed by atoms with Gasteiger partial charge in [-0.15, -0.1) is 0 Å². The molecule has 1 atom stereocenters. The number of ether oxygens (including phenoxy) is 2. The number of likely N-dealkylation sites (tertiary alicyclic amines) is 1. The summed E-state index contributed by atoms with van der Waals surface area (Å²) in [7, 11) is 0. The standard InChI is InChI=1S/C21H33N3O3/c1-16(2)15-27-20-8-4-3-7-19(20)23-21(25)22-17-9-11-24(12-10-17)14-18-6-5-13-26-18/h3-4,7-8,16-18H,5-6,9-15H2,1-2H3,(H2,22,23,25)/t18-/m1/s1. The van der Waals surface area contributed by atoms with Gasteiger partial charge in [0.25, 0.3) is 0 Å². The Labute approximate surface area is 162 Å². The van der Waals surface area contributed by atoms with Crippen LogP contribution in [0.25, 0.3) is 0 Å². The minimum Gasteiger partial charge on any atom is -0.491 e. The van der Waals surface area contributed by atoms with Gasteiger partial charge in [0.05, 0.1) is 18.4 Å². The third-order valence-corrected chi connectivity index (χ3v) is 5.12. The normalized spacial score (nSPS) is 21.4. The van der Waals surface area contributed by atoms with E-state index in [1.54, 1.807) is 0 Å². The third-order valence-electron chi connectivity index (χ3n) is 5.12. The lowest BCUT2D eigenvalue weighted by Crippen LogP contribution is -2.47. The fraction of sp³-hybridized carbons (Fsp3) is 0.667. The lowest BCUT2D eigenvalue weighted by molar-refractivity contribution is 0.0633. The van der Waals surface area contributed by atoms with Crippen LogP contribution in [0.5, 0.6) is 5.75 Å². The van der Waals surface area contributed by atoms with Crippen LogP contribution in [0.1, 0.15) is 39.5 Å². The molecule has 2 fully saturated rings. The molecule has 150 valence electrons. The van der Waals surface area contributed by atoms with Crippen LogP contribution in [0.4, 0.5) is 10.5 Å². The van der Waals surface area contributed by atoms with E-state index in [0.717, 1.165) is 39.1 Å². The van der Waals surface area contributed by atoms with Gasteiger partial charge in [0, 0.05) is 32.3 Å². The monoisotopic (exact) mass is 375 g/mol. The van der Waals surface area contributed by atoms with Gasteiger partial charge in [-0.3, -0.25) is 0 Å². The topological polar surface area (TPSA) is 62.8 Å². The maximum atomic E-state index is 12.4. The lowest BCUT2D eigenvalue weighted by atomic mass is 10.0. The first-order chi connectivity index (χ1) is 13.1. The zero-order valence-electron chi connectivity index (χ0n) is 16.6. The molecule has 2 N–H and O–H groups in total. The Morgan fingerprint density at radius 1 is 1.26 bits per heavy atom. The smallest absolute Gasteiger partial charge is 0.319 e. The van der Waals surface area contributed by atoms with Gasteiger partial charge in [-0.05, 0) is 43.7 Å². The van der Waals surface area contributed by atoms with Crippen molar-refractivity contribution < 1.29 is 14.3 Å². The summed E-state index contributed by atoms with van der Waals surface area (Å²) in [5.41, 5.74) is 0.714. The third kappa shape index (κ3) is 6.40. The molecule has 1 aromatic carbocycles. The van der Waals surface area contributed by atoms with Crippen molar-refractivity contribution in [3.05, 3.63) is 24.3 Å². The Balaban J connectivity index is 1.42. The summed E-state index contributed by atoms with van der Waals surface area (Å²) < 4.78 is 11.5. The van der Waals surface area contributed by atoms with E-state index in [1.165, 1.54) is 12.8 Å². The fourth-order valence-electron chi connectivity index (χ4n) is 3.63. The molecule has 0 radical (unpaired) electrons. The number of carbonyl (C=O) groups excluding carboxylic acids is 1. The van der Waals surface area contributed by atoms with Gasteiger partial charge in [-0.2, -0.15) is 0 Å². The highest BCUT2D eigenvalue weighted by molar-refractivity contribution is 5.91. The number of amides is 2. The molecule has 0 bridgehead atoms. The molecule has 6 nitrogen and oxygen atoms in total. The number of carbonyl (C=O) groups is 1. The van der Waals surface area contributed by atoms with Crippen LogP contribution < -0.4 is 15.4 Å². The second-order valence-electron chi connectivity index (χ2n) is 8.01. The van der Waals surface area contributed by atoms with Gasteiger partial charge in [0.15, 0.2) is 0 Å². The number of hydrogen-bond donors (Lipinski definition) is 2. The number of rotatable bonds is 7. The molecule has 0 spiro atoms. The molecule has 2 heterocycles. The van der Waals surface area contributed by atoms with Crippen molar-refractivity contribution in [1.82, 2.24) is 10.2 Å². The Hall–Kier alpha value is -1.79. The van der Waals surface area contributed by atoms with E-state index in [-0.39, 0.29) is 12.1 Å². The number of anilines is 1. The second kappa shape index (κ2) is 9.95. The first kappa shape index (κ1) is 20.0. The van der Waals surface area contributed by atoms with Gasteiger partial charge < -0.3 is 25.0 Å². The Bertz CT molecular complexity index is 594. The van der Waals surface area contributed by atoms with Gasteiger partial charge in [0.2, 0.25) is 0 Å². The molecule has 0 unspecified atom stereocenters. The van der Waals surface area contributed by atoms with Gasteiger partial charge in [-0.25, -0.2) is 4.79 Å². The first-order valence-electron chi connectivity index (χ1n) is 10.2. The molecular formula is C21H33N3O3. The molecule has 0 saturated carbocycles. The molecule has 2 aliphatic heterocycles. The van der Waals surface area contributed by atoms with Crippen LogP contribution in [0.3, 0.4) is 0 Å². The van der Waals surface area contributed by atoms with Crippen LogP contribution in [0.15, 0.2) is 24.3 Å². The molecule has 2 aliphatic rings. The largest absolute Gasteiger partial charge is 0.491 e. The fourth-order valence-corrected chi connectivity index (χ4v) is 3.63. The second-order valence-corrected chi connectivity index (χ2v) is 8.01. The predicted molar refractivity (Wildman–Crippen MR) is 107 cm³/mol. The van der Waals surface area contributed by atoms with Gasteiger partial charge >= 0.3 is 6.03 Å². The van der Waals surface area contributed by atoms with E-state index in [2.05, 4.69) is 29.4 Å². The van der Waals surface area contributed by atoms with Crippen molar-refractivity contribution in [3.63, 3.8) is 0 Å². The zero-order valence-corrected chi connectivity index (χ0v) is 16.6. The summed E-state index contributed by atoms with van der Waals surface area (Å²) in [6.07, 6.45) is 4.72. The van der Waals surface area contributed by atoms with E-state index in [1.807, 2.05) is 24.3 Å². The molecule has 2 amide bonds. The first-order valence-corrected chi connectivity index (χ1v) is 10.2. The Morgan fingerprint density at radius 2 is 2.04 bits per heavy atom. The molecule has 0 aliphatic carbocycles. The molecule has 3 rings (SSSR count). The number of para-hydroxylation sites is 2. The lowest BCUT2D eigenvalue weighted by Gasteiger charge is -2.33. The highest BCUT2D eigenvalue weighted by atomic mass is 16.5. The number of hydrogen-bond acceptors (Lipinski definition) is 4. The minimum absolute atomic E-state index is 0.159. The summed E-state index contributed by atoms with van der Waals surface area (Å²) >= 11 is 0. The van der Waals surface area contributed by atoms with E-state index >= 15 is 0 Å². The Morgan fingerprint density at radius 3 is 2.74 bits per heavy atom. The number of piperidine rings is 1. The maximum absolute atomic E-state index is 12.4. The van der Waals surface area contributed by atoms with Crippen LogP contribution in [-0.4, -0.2) is 55.9 Å². The van der Waals surface area contributed by atoms with E-state index < -0.39 is 0 Å². The van der Waals surface area contributed by atoms with Crippen LogP contribution >= 0.6 is 0 Å². The predicted octanol–water partition coefficient (Wildman–Crippen LogP) is 3.49. The summed E-state index contributed by atoms with van der Waals surface area (Å²) in [5, 5.41) is 6.05. The highest BCUT2D eigenvalue weighted by Crippen LogP contribution is 2.24. The average molecular weight is 376 g/mol. The van der Waals surface area contributed by atoms with Crippen LogP contribution in [0, 0.1) is 5.92 Å². The summed E-state index contributed by atoms with van der Waals surface area (Å²) in [4.78, 5) is 14.9. The quantitative estimate of drug-likeness (QED) is 0.766. The molecule has 1 aromatic rings. The van der Waals surface area contributed by atoms with Crippen molar-refractivity contribution in [3.8, 4) is 5.75 Å². The molecule has 2 saturated heterocycles. The van der Waals surface area contributed by atoms with Gasteiger partial charge in [-0.1, -0.05) is 26.0 Å². The number of urea groups is 1. The molecule has 0 aromatic heterocycles. The van der Waals surface area contributed by atoms with Crippen molar-refractivity contribution in [2.24, 2.45) is 5.92 Å². The van der Waals surface area contributed by atoms with Crippen molar-refractivity contribution in [1.29, 1.82) is 0 Å².